The minimum Gasteiger partial charge on any atom is -0.368 e. The molecule has 1 amide bonds. The zero-order chi connectivity index (χ0) is 19.6. The van der Waals surface area contributed by atoms with Crippen LogP contribution >= 0.6 is 11.8 Å². The zero-order valence-electron chi connectivity index (χ0n) is 16.4. The molecule has 0 saturated carbocycles. The lowest BCUT2D eigenvalue weighted by Gasteiger charge is -2.44. The molecule has 1 spiro atoms. The fourth-order valence-electron chi connectivity index (χ4n) is 3.87. The number of benzene rings is 1. The Hall–Kier alpha value is -2.12. The van der Waals surface area contributed by atoms with Crippen molar-refractivity contribution in [1.29, 1.82) is 0 Å². The molecular weight excluding hydrogens is 372 g/mol. The summed E-state index contributed by atoms with van der Waals surface area (Å²) in [5, 5.41) is 0. The van der Waals surface area contributed by atoms with Crippen molar-refractivity contribution >= 4 is 23.6 Å². The summed E-state index contributed by atoms with van der Waals surface area (Å²) in [6.45, 7) is 2.10. The molecular formula is C21H26N4O2S. The van der Waals surface area contributed by atoms with E-state index in [0.29, 0.717) is 31.4 Å². The predicted molar refractivity (Wildman–Crippen MR) is 111 cm³/mol. The molecule has 0 N–H and O–H groups in total. The lowest BCUT2D eigenvalue weighted by atomic mass is 9.83. The van der Waals surface area contributed by atoms with Crippen molar-refractivity contribution < 1.29 is 9.53 Å². The van der Waals surface area contributed by atoms with E-state index in [-0.39, 0.29) is 11.5 Å². The first-order chi connectivity index (χ1) is 13.6. The highest BCUT2D eigenvalue weighted by Gasteiger charge is 2.43. The molecule has 1 aromatic carbocycles. The minimum absolute atomic E-state index is 0.191. The fraction of sp³-hybridized carbons (Fsp3) is 0.476. The number of nitrogens with zero attached hydrogens (tertiary/aromatic N) is 4. The molecule has 2 aliphatic heterocycles. The average molecular weight is 399 g/mol. The quantitative estimate of drug-likeness (QED) is 0.738. The Labute approximate surface area is 170 Å². The number of hydrogen-bond acceptors (Lipinski definition) is 6. The molecule has 6 nitrogen and oxygen atoms in total. The summed E-state index contributed by atoms with van der Waals surface area (Å²) in [6, 6.07) is 10.1. The topological polar surface area (TPSA) is 58.6 Å². The van der Waals surface area contributed by atoms with Gasteiger partial charge in [0, 0.05) is 38.3 Å². The van der Waals surface area contributed by atoms with Crippen LogP contribution in [0.1, 0.15) is 24.1 Å². The summed E-state index contributed by atoms with van der Waals surface area (Å²) in [6.07, 6.45) is 4.36. The van der Waals surface area contributed by atoms with E-state index >= 15 is 0 Å². The molecule has 148 valence electrons. The minimum atomic E-state index is -0.384. The second-order valence-electron chi connectivity index (χ2n) is 7.51. The highest BCUT2D eigenvalue weighted by Crippen LogP contribution is 2.40. The molecule has 4 rings (SSSR count). The standard InChI is InChI=1S/C21H26N4O2S/c1-24(2)20-22-14-16-8-13-27-21(19(16)23-20)9-11-25(12-10-21)18(26)15-28-17-6-4-3-5-7-17/h3-7,14H,8-13,15H2,1-2H3. The van der Waals surface area contributed by atoms with Crippen molar-refractivity contribution in [1.82, 2.24) is 14.9 Å². The third-order valence-corrected chi connectivity index (χ3v) is 6.46. The number of thioether (sulfide) groups is 1. The van der Waals surface area contributed by atoms with Gasteiger partial charge in [-0.25, -0.2) is 9.97 Å². The highest BCUT2D eigenvalue weighted by molar-refractivity contribution is 8.00. The molecule has 0 bridgehead atoms. The first-order valence-corrected chi connectivity index (χ1v) is 10.7. The van der Waals surface area contributed by atoms with Gasteiger partial charge in [-0.3, -0.25) is 4.79 Å². The molecule has 28 heavy (non-hydrogen) atoms. The molecule has 3 heterocycles. The van der Waals surface area contributed by atoms with E-state index in [1.165, 1.54) is 5.56 Å². The summed E-state index contributed by atoms with van der Waals surface area (Å²) >= 11 is 1.59. The number of likely N-dealkylation sites (tertiary alicyclic amines) is 1. The fourth-order valence-corrected chi connectivity index (χ4v) is 4.69. The summed E-state index contributed by atoms with van der Waals surface area (Å²) in [5.41, 5.74) is 1.81. The Balaban J connectivity index is 1.43. The van der Waals surface area contributed by atoms with Crippen molar-refractivity contribution in [2.45, 2.75) is 29.8 Å². The van der Waals surface area contributed by atoms with Crippen LogP contribution in [0.15, 0.2) is 41.4 Å². The molecule has 2 aromatic rings. The van der Waals surface area contributed by atoms with Crippen LogP contribution in [0.5, 0.6) is 0 Å². The number of carbonyl (C=O) groups is 1. The van der Waals surface area contributed by atoms with E-state index in [4.69, 9.17) is 9.72 Å². The largest absolute Gasteiger partial charge is 0.368 e. The van der Waals surface area contributed by atoms with Gasteiger partial charge in [0.05, 0.1) is 18.1 Å². The molecule has 2 aliphatic rings. The molecule has 1 saturated heterocycles. The van der Waals surface area contributed by atoms with Crippen molar-refractivity contribution in [3.63, 3.8) is 0 Å². The van der Waals surface area contributed by atoms with Crippen LogP contribution in [0.3, 0.4) is 0 Å². The molecule has 0 aliphatic carbocycles. The Morgan fingerprint density at radius 1 is 1.25 bits per heavy atom. The van der Waals surface area contributed by atoms with Crippen LogP contribution in [-0.2, 0) is 21.6 Å². The third kappa shape index (κ3) is 3.86. The lowest BCUT2D eigenvalue weighted by Crippen LogP contribution is -2.49. The molecule has 0 atom stereocenters. The van der Waals surface area contributed by atoms with Gasteiger partial charge in [0.2, 0.25) is 11.9 Å². The van der Waals surface area contributed by atoms with Crippen molar-refractivity contribution in [2.75, 3.05) is 44.4 Å². The SMILES string of the molecule is CN(C)c1ncc2c(n1)C1(CCN(C(=O)CSc3ccccc3)CC1)OCC2. The van der Waals surface area contributed by atoms with E-state index < -0.39 is 0 Å². The first-order valence-electron chi connectivity index (χ1n) is 9.71. The number of hydrogen-bond donors (Lipinski definition) is 0. The van der Waals surface area contributed by atoms with Gasteiger partial charge in [0.25, 0.3) is 0 Å². The Morgan fingerprint density at radius 2 is 2.00 bits per heavy atom. The summed E-state index contributed by atoms with van der Waals surface area (Å²) in [7, 11) is 3.90. The number of anilines is 1. The second-order valence-corrected chi connectivity index (χ2v) is 8.56. The van der Waals surface area contributed by atoms with E-state index in [1.54, 1.807) is 11.8 Å². The van der Waals surface area contributed by atoms with Gasteiger partial charge in [-0.05, 0) is 37.0 Å². The average Bonchev–Trinajstić information content (AvgIpc) is 2.73. The van der Waals surface area contributed by atoms with E-state index in [9.17, 15) is 4.79 Å². The van der Waals surface area contributed by atoms with Crippen LogP contribution < -0.4 is 4.90 Å². The summed E-state index contributed by atoms with van der Waals surface area (Å²) in [5.74, 6) is 1.37. The number of piperidine rings is 1. The number of ether oxygens (including phenoxy) is 1. The van der Waals surface area contributed by atoms with Gasteiger partial charge < -0.3 is 14.5 Å². The van der Waals surface area contributed by atoms with E-state index in [1.807, 2.05) is 60.4 Å². The van der Waals surface area contributed by atoms with Gasteiger partial charge in [0.15, 0.2) is 0 Å². The van der Waals surface area contributed by atoms with Crippen LogP contribution in [0.4, 0.5) is 5.95 Å². The zero-order valence-corrected chi connectivity index (χ0v) is 17.2. The van der Waals surface area contributed by atoms with Gasteiger partial charge in [-0.2, -0.15) is 0 Å². The van der Waals surface area contributed by atoms with Crippen molar-refractivity contribution in [3.05, 3.63) is 47.8 Å². The molecule has 1 fully saturated rings. The van der Waals surface area contributed by atoms with Gasteiger partial charge >= 0.3 is 0 Å². The maximum Gasteiger partial charge on any atom is 0.232 e. The predicted octanol–water partition coefficient (Wildman–Crippen LogP) is 2.73. The van der Waals surface area contributed by atoms with Crippen molar-refractivity contribution in [3.8, 4) is 0 Å². The molecule has 0 unspecified atom stereocenters. The van der Waals surface area contributed by atoms with Crippen LogP contribution in [0, 0.1) is 0 Å². The second kappa shape index (κ2) is 8.09. The molecule has 7 heteroatoms. The molecule has 0 radical (unpaired) electrons. The Morgan fingerprint density at radius 3 is 2.71 bits per heavy atom. The van der Waals surface area contributed by atoms with E-state index in [0.717, 1.165) is 29.9 Å². The van der Waals surface area contributed by atoms with Crippen LogP contribution in [0.25, 0.3) is 0 Å². The third-order valence-electron chi connectivity index (χ3n) is 5.46. The van der Waals surface area contributed by atoms with Crippen LogP contribution in [0.2, 0.25) is 0 Å². The first kappa shape index (κ1) is 19.2. The van der Waals surface area contributed by atoms with Gasteiger partial charge in [-0.15, -0.1) is 11.8 Å². The van der Waals surface area contributed by atoms with Gasteiger partial charge in [-0.1, -0.05) is 18.2 Å². The maximum absolute atomic E-state index is 12.7. The van der Waals surface area contributed by atoms with Crippen molar-refractivity contribution in [2.24, 2.45) is 0 Å². The Kier molecular flexibility index (Phi) is 5.55. The van der Waals surface area contributed by atoms with Gasteiger partial charge in [0.1, 0.15) is 5.60 Å². The number of carbonyl (C=O) groups excluding carboxylic acids is 1. The number of fused-ring (bicyclic) bond motifs is 2. The smallest absolute Gasteiger partial charge is 0.232 e. The summed E-state index contributed by atoms with van der Waals surface area (Å²) < 4.78 is 6.27. The number of aromatic nitrogens is 2. The maximum atomic E-state index is 12.7. The molecule has 1 aromatic heterocycles. The highest BCUT2D eigenvalue weighted by atomic mass is 32.2. The normalized spacial score (nSPS) is 18.0. The lowest BCUT2D eigenvalue weighted by molar-refractivity contribution is -0.138. The summed E-state index contributed by atoms with van der Waals surface area (Å²) in [4.78, 5) is 26.9. The number of rotatable bonds is 4. The monoisotopic (exact) mass is 398 g/mol. The Bertz CT molecular complexity index is 836. The number of amides is 1. The van der Waals surface area contributed by atoms with Crippen LogP contribution in [-0.4, -0.2) is 60.3 Å². The van der Waals surface area contributed by atoms with E-state index in [2.05, 4.69) is 4.98 Å².